The Labute approximate surface area is 390 Å². The van der Waals surface area contributed by atoms with Gasteiger partial charge in [0.2, 0.25) is 0 Å². The Hall–Kier alpha value is -1.99. The van der Waals surface area contributed by atoms with Crippen molar-refractivity contribution in [2.45, 2.75) is 273 Å². The second kappa shape index (κ2) is 40.8. The van der Waals surface area contributed by atoms with E-state index in [0.717, 1.165) is 62.0 Å². The van der Waals surface area contributed by atoms with Crippen molar-refractivity contribution in [3.8, 4) is 0 Å². The van der Waals surface area contributed by atoms with Crippen LogP contribution in [0.25, 0.3) is 0 Å². The molecule has 0 amide bonds. The standard InChI is InChI=1S/C58H98N2.Ni/c1-7-13-19-21-22-23-24-25-26-27-28-29-30-31-32-33-34-35-36-38-44-58(60-56-49-53(41-17-11-5)46-54(50-56)42-18-12-6)57(43-37-20-14-8-2)59-55-47-51(39-15-9-3)45-52(48-55)40-16-10-4;/h38,44-50H,7-37,39-43H2,1-6H3;/b44-38+,59-57+,60-58+;. The van der Waals surface area contributed by atoms with Gasteiger partial charge in [-0.2, -0.15) is 0 Å². The van der Waals surface area contributed by atoms with Crippen LogP contribution < -0.4 is 0 Å². The van der Waals surface area contributed by atoms with Crippen LogP contribution in [0.5, 0.6) is 0 Å². The fourth-order valence-corrected chi connectivity index (χ4v) is 8.53. The minimum Gasteiger partial charge on any atom is -0.251 e. The molecule has 0 saturated heterocycles. The fourth-order valence-electron chi connectivity index (χ4n) is 8.53. The SMILES string of the molecule is CCCCCCCCCCCCCCCCCCCC/C=C/C(=N\c1cc(CCCC)cc(CCCC)c1)C(/CCCCCC)=N/c1cc(CCCC)cc(CCCC)c1.[Ni]. The van der Waals surface area contributed by atoms with Gasteiger partial charge in [-0.05, 0) is 130 Å². The molecule has 0 fully saturated rings. The molecule has 2 rings (SSSR count). The smallest absolute Gasteiger partial charge is 0.0848 e. The molecule has 0 radical (unpaired) electrons. The van der Waals surface area contributed by atoms with Gasteiger partial charge in [0.15, 0.2) is 0 Å². The number of aryl methyl sites for hydroxylation is 4. The first-order valence-corrected chi connectivity index (χ1v) is 26.6. The topological polar surface area (TPSA) is 24.7 Å². The van der Waals surface area contributed by atoms with Crippen LogP contribution in [-0.2, 0) is 42.2 Å². The maximum atomic E-state index is 5.57. The Balaban J connectivity index is 0.0000186. The molecule has 0 aliphatic carbocycles. The predicted octanol–water partition coefficient (Wildman–Crippen LogP) is 19.9. The monoisotopic (exact) mass is 881 g/mol. The molecule has 0 aliphatic heterocycles. The van der Waals surface area contributed by atoms with Gasteiger partial charge in [-0.15, -0.1) is 0 Å². The van der Waals surface area contributed by atoms with Crippen molar-refractivity contribution in [1.29, 1.82) is 0 Å². The third-order valence-corrected chi connectivity index (χ3v) is 12.4. The van der Waals surface area contributed by atoms with Crippen LogP contribution in [0.2, 0.25) is 0 Å². The van der Waals surface area contributed by atoms with Crippen molar-refractivity contribution in [2.24, 2.45) is 9.98 Å². The predicted molar refractivity (Wildman–Crippen MR) is 273 cm³/mol. The van der Waals surface area contributed by atoms with Crippen molar-refractivity contribution in [1.82, 2.24) is 0 Å². The Morgan fingerprint density at radius 3 is 1.03 bits per heavy atom. The summed E-state index contributed by atoms with van der Waals surface area (Å²) in [4.78, 5) is 11.1. The summed E-state index contributed by atoms with van der Waals surface area (Å²) >= 11 is 0. The molecule has 0 unspecified atom stereocenters. The van der Waals surface area contributed by atoms with E-state index >= 15 is 0 Å². The van der Waals surface area contributed by atoms with Gasteiger partial charge >= 0.3 is 0 Å². The molecule has 0 atom stereocenters. The van der Waals surface area contributed by atoms with Gasteiger partial charge in [-0.25, -0.2) is 4.99 Å². The van der Waals surface area contributed by atoms with E-state index in [-0.39, 0.29) is 16.5 Å². The van der Waals surface area contributed by atoms with Gasteiger partial charge in [0.1, 0.15) is 0 Å². The number of nitrogens with zero attached hydrogens (tertiary/aromatic N) is 2. The van der Waals surface area contributed by atoms with E-state index in [1.165, 1.54) is 214 Å². The van der Waals surface area contributed by atoms with Gasteiger partial charge in [-0.3, -0.25) is 4.99 Å². The van der Waals surface area contributed by atoms with Crippen LogP contribution in [0.1, 0.15) is 269 Å². The number of rotatable bonds is 40. The number of benzene rings is 2. The number of allylic oxidation sites excluding steroid dienone is 2. The summed E-state index contributed by atoms with van der Waals surface area (Å²) in [6, 6.07) is 14.4. The summed E-state index contributed by atoms with van der Waals surface area (Å²) in [6.07, 6.45) is 51.7. The molecule has 0 spiro atoms. The molecule has 0 aliphatic rings. The van der Waals surface area contributed by atoms with Crippen LogP contribution in [0.15, 0.2) is 58.5 Å². The van der Waals surface area contributed by atoms with Crippen LogP contribution in [0.4, 0.5) is 11.4 Å². The largest absolute Gasteiger partial charge is 0.251 e. The molecule has 0 N–H and O–H groups in total. The molecule has 61 heavy (non-hydrogen) atoms. The molecule has 0 heterocycles. The summed E-state index contributed by atoms with van der Waals surface area (Å²) in [5, 5.41) is 0. The van der Waals surface area contributed by atoms with E-state index in [9.17, 15) is 0 Å². The summed E-state index contributed by atoms with van der Waals surface area (Å²) in [5.41, 5.74) is 10.3. The van der Waals surface area contributed by atoms with E-state index in [2.05, 4.69) is 90.1 Å². The molecular formula is C58H98N2Ni. The summed E-state index contributed by atoms with van der Waals surface area (Å²) in [5.74, 6) is 0. The third kappa shape index (κ3) is 29.9. The number of unbranched alkanes of at least 4 members (excludes halogenated alkanes) is 25. The Kier molecular flexibility index (Phi) is 38.1. The molecule has 3 heteroatoms. The van der Waals surface area contributed by atoms with Crippen LogP contribution in [-0.4, -0.2) is 11.4 Å². The average molecular weight is 882 g/mol. The second-order valence-corrected chi connectivity index (χ2v) is 18.5. The summed E-state index contributed by atoms with van der Waals surface area (Å²) < 4.78 is 0. The molecule has 350 valence electrons. The van der Waals surface area contributed by atoms with E-state index < -0.39 is 0 Å². The van der Waals surface area contributed by atoms with E-state index in [0.29, 0.717) is 0 Å². The van der Waals surface area contributed by atoms with E-state index in [4.69, 9.17) is 9.98 Å². The second-order valence-electron chi connectivity index (χ2n) is 18.5. The van der Waals surface area contributed by atoms with Gasteiger partial charge in [0.25, 0.3) is 0 Å². The van der Waals surface area contributed by atoms with Gasteiger partial charge in [0, 0.05) is 16.5 Å². The minimum atomic E-state index is 0. The molecule has 2 aromatic rings. The summed E-state index contributed by atoms with van der Waals surface area (Å²) in [7, 11) is 0. The maximum Gasteiger partial charge on any atom is 0.0848 e. The van der Waals surface area contributed by atoms with Crippen LogP contribution in [0, 0.1) is 0 Å². The quantitative estimate of drug-likeness (QED) is 0.0362. The zero-order chi connectivity index (χ0) is 43.1. The molecular weight excluding hydrogens is 783 g/mol. The van der Waals surface area contributed by atoms with Crippen molar-refractivity contribution in [3.05, 3.63) is 70.8 Å². The minimum absolute atomic E-state index is 0. The first-order chi connectivity index (χ1) is 29.6. The molecule has 0 aromatic heterocycles. The van der Waals surface area contributed by atoms with Crippen LogP contribution in [0.3, 0.4) is 0 Å². The number of aliphatic imine (C=N–C) groups is 2. The van der Waals surface area contributed by atoms with Gasteiger partial charge in [0.05, 0.1) is 22.8 Å². The fraction of sp³-hybridized carbons (Fsp3) is 0.724. The van der Waals surface area contributed by atoms with Crippen LogP contribution >= 0.6 is 0 Å². The number of hydrogen-bond donors (Lipinski definition) is 0. The van der Waals surface area contributed by atoms with Crippen molar-refractivity contribution >= 4 is 22.8 Å². The van der Waals surface area contributed by atoms with Crippen molar-refractivity contribution < 1.29 is 16.5 Å². The normalized spacial score (nSPS) is 12.2. The summed E-state index contributed by atoms with van der Waals surface area (Å²) in [6.45, 7) is 13.8. The molecule has 2 aromatic carbocycles. The van der Waals surface area contributed by atoms with E-state index in [1.807, 2.05) is 0 Å². The molecule has 0 bridgehead atoms. The molecule has 0 saturated carbocycles. The van der Waals surface area contributed by atoms with Crippen molar-refractivity contribution in [3.63, 3.8) is 0 Å². The van der Waals surface area contributed by atoms with E-state index in [1.54, 1.807) is 0 Å². The average Bonchev–Trinajstić information content (AvgIpc) is 3.26. The van der Waals surface area contributed by atoms with Gasteiger partial charge in [-0.1, -0.05) is 214 Å². The third-order valence-electron chi connectivity index (χ3n) is 12.4. The Bertz CT molecular complexity index is 1350. The zero-order valence-electron chi connectivity index (χ0n) is 41.3. The first kappa shape index (κ1) is 57.0. The van der Waals surface area contributed by atoms with Gasteiger partial charge < -0.3 is 0 Å². The zero-order valence-corrected chi connectivity index (χ0v) is 42.3. The Morgan fingerprint density at radius 2 is 0.672 bits per heavy atom. The molecule has 2 nitrogen and oxygen atoms in total. The number of hydrogen-bond acceptors (Lipinski definition) is 2. The first-order valence-electron chi connectivity index (χ1n) is 26.6. The maximum absolute atomic E-state index is 5.57. The Morgan fingerprint density at radius 1 is 0.361 bits per heavy atom. The van der Waals surface area contributed by atoms with Crippen molar-refractivity contribution in [2.75, 3.05) is 0 Å².